The zero-order valence-electron chi connectivity index (χ0n) is 9.85. The predicted molar refractivity (Wildman–Crippen MR) is 69.9 cm³/mol. The number of ether oxygens (including phenoxy) is 1. The fourth-order valence-electron chi connectivity index (χ4n) is 2.31. The summed E-state index contributed by atoms with van der Waals surface area (Å²) in [6.45, 7) is 4.93. The second-order valence-electron chi connectivity index (χ2n) is 4.59. The topological polar surface area (TPSA) is 21.3 Å². The third-order valence-electron chi connectivity index (χ3n) is 3.38. The van der Waals surface area contributed by atoms with E-state index in [1.807, 2.05) is 7.05 Å². The van der Waals surface area contributed by atoms with Crippen molar-refractivity contribution in [3.05, 3.63) is 33.8 Å². The molecule has 1 aliphatic rings. The summed E-state index contributed by atoms with van der Waals surface area (Å²) in [5.74, 6) is 0. The fraction of sp³-hybridized carbons (Fsp3) is 0.538. The monoisotopic (exact) mass is 283 g/mol. The van der Waals surface area contributed by atoms with Crippen LogP contribution in [0.4, 0.5) is 0 Å². The molecule has 16 heavy (non-hydrogen) atoms. The Hall–Kier alpha value is -0.380. The number of aryl methyl sites for hydroxylation is 1. The summed E-state index contributed by atoms with van der Waals surface area (Å²) in [6, 6.07) is 6.52. The quantitative estimate of drug-likeness (QED) is 0.917. The molecule has 1 aromatic rings. The highest BCUT2D eigenvalue weighted by atomic mass is 79.9. The number of rotatable bonds is 4. The highest BCUT2D eigenvalue weighted by Gasteiger charge is 2.40. The van der Waals surface area contributed by atoms with Crippen molar-refractivity contribution < 1.29 is 4.74 Å². The normalized spacial score (nSPS) is 18.2. The van der Waals surface area contributed by atoms with E-state index in [1.165, 1.54) is 11.1 Å². The van der Waals surface area contributed by atoms with Gasteiger partial charge in [-0.3, -0.25) is 0 Å². The zero-order valence-corrected chi connectivity index (χ0v) is 11.4. The van der Waals surface area contributed by atoms with Gasteiger partial charge in [0.25, 0.3) is 0 Å². The van der Waals surface area contributed by atoms with E-state index in [0.717, 1.165) is 30.7 Å². The Bertz CT molecular complexity index is 374. The van der Waals surface area contributed by atoms with Crippen LogP contribution in [-0.2, 0) is 10.2 Å². The van der Waals surface area contributed by atoms with Crippen molar-refractivity contribution in [2.24, 2.45) is 0 Å². The van der Waals surface area contributed by atoms with Crippen molar-refractivity contribution in [3.8, 4) is 0 Å². The van der Waals surface area contributed by atoms with Gasteiger partial charge in [-0.25, -0.2) is 0 Å². The molecule has 2 rings (SSSR count). The van der Waals surface area contributed by atoms with E-state index in [2.05, 4.69) is 46.4 Å². The molecule has 0 atom stereocenters. The second-order valence-corrected chi connectivity index (χ2v) is 5.50. The summed E-state index contributed by atoms with van der Waals surface area (Å²) in [5.41, 5.74) is 3.03. The molecule has 1 saturated heterocycles. The molecule has 0 bridgehead atoms. The van der Waals surface area contributed by atoms with Gasteiger partial charge in [-0.1, -0.05) is 22.0 Å². The first-order valence-electron chi connectivity index (χ1n) is 5.67. The van der Waals surface area contributed by atoms with Crippen LogP contribution in [0.3, 0.4) is 0 Å². The summed E-state index contributed by atoms with van der Waals surface area (Å²) in [5, 5.41) is 3.23. The number of hydrogen-bond donors (Lipinski definition) is 1. The van der Waals surface area contributed by atoms with Crippen LogP contribution >= 0.6 is 15.9 Å². The summed E-state index contributed by atoms with van der Waals surface area (Å²) >= 11 is 3.55. The van der Waals surface area contributed by atoms with E-state index < -0.39 is 0 Å². The van der Waals surface area contributed by atoms with Gasteiger partial charge in [0.15, 0.2) is 0 Å². The third kappa shape index (κ3) is 2.17. The van der Waals surface area contributed by atoms with E-state index in [9.17, 15) is 0 Å². The molecule has 1 N–H and O–H groups in total. The molecule has 0 unspecified atom stereocenters. The van der Waals surface area contributed by atoms with Gasteiger partial charge in [-0.05, 0) is 50.2 Å². The molecule has 0 saturated carbocycles. The van der Waals surface area contributed by atoms with Gasteiger partial charge in [-0.2, -0.15) is 0 Å². The van der Waals surface area contributed by atoms with E-state index >= 15 is 0 Å². The Balaban J connectivity index is 2.28. The lowest BCUT2D eigenvalue weighted by Crippen LogP contribution is -2.48. The van der Waals surface area contributed by atoms with E-state index in [1.54, 1.807) is 0 Å². The maximum absolute atomic E-state index is 5.44. The van der Waals surface area contributed by atoms with Crippen molar-refractivity contribution in [3.63, 3.8) is 0 Å². The number of benzene rings is 1. The molecule has 1 aromatic carbocycles. The van der Waals surface area contributed by atoms with Gasteiger partial charge < -0.3 is 10.1 Å². The number of halogens is 1. The van der Waals surface area contributed by atoms with Crippen molar-refractivity contribution in [1.82, 2.24) is 5.32 Å². The van der Waals surface area contributed by atoms with Crippen LogP contribution in [0.15, 0.2) is 22.7 Å². The molecular weight excluding hydrogens is 266 g/mol. The molecule has 0 radical (unpaired) electrons. The molecule has 2 nitrogen and oxygen atoms in total. The van der Waals surface area contributed by atoms with Crippen molar-refractivity contribution in [2.45, 2.75) is 18.8 Å². The number of hydrogen-bond acceptors (Lipinski definition) is 2. The molecule has 0 aromatic heterocycles. The van der Waals surface area contributed by atoms with E-state index in [4.69, 9.17) is 4.74 Å². The third-order valence-corrected chi connectivity index (χ3v) is 3.87. The SMILES string of the molecule is CNCCC1(c2cc(Br)ccc2C)COC1. The van der Waals surface area contributed by atoms with Gasteiger partial charge in [0, 0.05) is 9.89 Å². The minimum atomic E-state index is 0.233. The van der Waals surface area contributed by atoms with E-state index in [0.29, 0.717) is 0 Å². The second kappa shape index (κ2) is 4.86. The molecule has 1 fully saturated rings. The van der Waals surface area contributed by atoms with Gasteiger partial charge in [0.2, 0.25) is 0 Å². The molecule has 0 spiro atoms. The van der Waals surface area contributed by atoms with Crippen LogP contribution in [0.25, 0.3) is 0 Å². The fourth-order valence-corrected chi connectivity index (χ4v) is 2.67. The van der Waals surface area contributed by atoms with Crippen LogP contribution in [0.5, 0.6) is 0 Å². The Morgan fingerprint density at radius 3 is 2.75 bits per heavy atom. The summed E-state index contributed by atoms with van der Waals surface area (Å²) in [7, 11) is 2.00. The zero-order chi connectivity index (χ0) is 11.6. The Labute approximate surface area is 106 Å². The maximum atomic E-state index is 5.44. The van der Waals surface area contributed by atoms with Gasteiger partial charge in [0.05, 0.1) is 13.2 Å². The van der Waals surface area contributed by atoms with Gasteiger partial charge in [0.1, 0.15) is 0 Å². The Morgan fingerprint density at radius 2 is 2.19 bits per heavy atom. The van der Waals surface area contributed by atoms with Crippen LogP contribution in [0, 0.1) is 6.92 Å². The molecule has 0 amide bonds. The maximum Gasteiger partial charge on any atom is 0.0586 e. The van der Waals surface area contributed by atoms with Crippen LogP contribution in [-0.4, -0.2) is 26.8 Å². The lowest BCUT2D eigenvalue weighted by molar-refractivity contribution is -0.0641. The summed E-state index contributed by atoms with van der Waals surface area (Å²) in [4.78, 5) is 0. The van der Waals surface area contributed by atoms with E-state index in [-0.39, 0.29) is 5.41 Å². The molecular formula is C13H18BrNO. The smallest absolute Gasteiger partial charge is 0.0586 e. The van der Waals surface area contributed by atoms with Crippen LogP contribution < -0.4 is 5.32 Å². The highest BCUT2D eigenvalue weighted by Crippen LogP contribution is 2.38. The predicted octanol–water partition coefficient (Wildman–Crippen LogP) is 2.64. The average Bonchev–Trinajstić information content (AvgIpc) is 2.21. The van der Waals surface area contributed by atoms with Crippen molar-refractivity contribution in [1.29, 1.82) is 0 Å². The first-order valence-corrected chi connectivity index (χ1v) is 6.46. The molecule has 3 heteroatoms. The molecule has 1 heterocycles. The first-order chi connectivity index (χ1) is 7.68. The molecule has 0 aliphatic carbocycles. The van der Waals surface area contributed by atoms with Gasteiger partial charge in [-0.15, -0.1) is 0 Å². The van der Waals surface area contributed by atoms with Crippen molar-refractivity contribution in [2.75, 3.05) is 26.8 Å². The minimum Gasteiger partial charge on any atom is -0.379 e. The standard InChI is InChI=1S/C13H18BrNO/c1-10-3-4-11(14)7-12(10)13(5-6-15-2)8-16-9-13/h3-4,7,15H,5-6,8-9H2,1-2H3. The van der Waals surface area contributed by atoms with Crippen LogP contribution in [0.2, 0.25) is 0 Å². The van der Waals surface area contributed by atoms with Crippen LogP contribution in [0.1, 0.15) is 17.5 Å². The highest BCUT2D eigenvalue weighted by molar-refractivity contribution is 9.10. The Morgan fingerprint density at radius 1 is 1.44 bits per heavy atom. The Kier molecular flexibility index (Phi) is 3.67. The van der Waals surface area contributed by atoms with Gasteiger partial charge >= 0.3 is 0 Å². The molecule has 1 aliphatic heterocycles. The summed E-state index contributed by atoms with van der Waals surface area (Å²) in [6.07, 6.45) is 1.14. The largest absolute Gasteiger partial charge is 0.379 e. The average molecular weight is 284 g/mol. The minimum absolute atomic E-state index is 0.233. The van der Waals surface area contributed by atoms with Crippen molar-refractivity contribution >= 4 is 15.9 Å². The summed E-state index contributed by atoms with van der Waals surface area (Å²) < 4.78 is 6.60. The molecule has 88 valence electrons. The lowest BCUT2D eigenvalue weighted by atomic mass is 9.74. The first kappa shape index (κ1) is 12.1. The number of nitrogens with one attached hydrogen (secondary N) is 1. The lowest BCUT2D eigenvalue weighted by Gasteiger charge is -2.43.